The van der Waals surface area contributed by atoms with Gasteiger partial charge in [-0.25, -0.2) is 9.97 Å². The van der Waals surface area contributed by atoms with E-state index in [0.29, 0.717) is 11.8 Å². The van der Waals surface area contributed by atoms with Crippen LogP contribution in [0.3, 0.4) is 0 Å². The van der Waals surface area contributed by atoms with E-state index >= 15 is 0 Å². The van der Waals surface area contributed by atoms with Crippen molar-refractivity contribution in [3.8, 4) is 11.3 Å². The van der Waals surface area contributed by atoms with Crippen LogP contribution in [0.1, 0.15) is 50.7 Å². The molecular weight excluding hydrogens is 402 g/mol. The third-order valence-corrected chi connectivity index (χ3v) is 6.76. The van der Waals surface area contributed by atoms with Gasteiger partial charge in [0, 0.05) is 21.7 Å². The van der Waals surface area contributed by atoms with Crippen molar-refractivity contribution >= 4 is 38.4 Å². The van der Waals surface area contributed by atoms with Gasteiger partial charge in [-0.1, -0.05) is 88.4 Å². The van der Waals surface area contributed by atoms with Crippen LogP contribution in [-0.2, 0) is 0 Å². The fourth-order valence-corrected chi connectivity index (χ4v) is 5.17. The lowest BCUT2D eigenvalue weighted by atomic mass is 9.87. The zero-order valence-corrected chi connectivity index (χ0v) is 19.5. The van der Waals surface area contributed by atoms with Crippen LogP contribution >= 0.6 is 0 Å². The third kappa shape index (κ3) is 2.96. The van der Waals surface area contributed by atoms with Crippen molar-refractivity contribution in [2.45, 2.75) is 39.5 Å². The Morgan fingerprint density at radius 1 is 0.667 bits per heavy atom. The minimum Gasteiger partial charge on any atom is -0.276 e. The molecule has 0 amide bonds. The Morgan fingerprint density at radius 2 is 1.33 bits per heavy atom. The van der Waals surface area contributed by atoms with E-state index in [1.165, 1.54) is 22.1 Å². The maximum absolute atomic E-state index is 5.19. The van der Waals surface area contributed by atoms with E-state index < -0.39 is 0 Å². The molecule has 0 radical (unpaired) electrons. The van der Waals surface area contributed by atoms with E-state index in [1.54, 1.807) is 0 Å². The smallest absolute Gasteiger partial charge is 0.147 e. The number of rotatable bonds is 3. The molecule has 0 aliphatic heterocycles. The van der Waals surface area contributed by atoms with Gasteiger partial charge in [0.2, 0.25) is 0 Å². The molecule has 6 rings (SSSR count). The Bertz CT molecular complexity index is 1650. The summed E-state index contributed by atoms with van der Waals surface area (Å²) in [5.41, 5.74) is 8.04. The highest BCUT2D eigenvalue weighted by atomic mass is 15.1. The molecular formula is C30H27N3. The van der Waals surface area contributed by atoms with Gasteiger partial charge < -0.3 is 0 Å². The molecule has 0 spiro atoms. The zero-order valence-electron chi connectivity index (χ0n) is 19.5. The lowest BCUT2D eigenvalue weighted by Crippen LogP contribution is -2.03. The van der Waals surface area contributed by atoms with E-state index in [9.17, 15) is 0 Å². The van der Waals surface area contributed by atoms with E-state index in [1.807, 2.05) is 6.20 Å². The number of nitrogens with zero attached hydrogens (tertiary/aromatic N) is 3. The summed E-state index contributed by atoms with van der Waals surface area (Å²) in [6.45, 7) is 9.08. The lowest BCUT2D eigenvalue weighted by molar-refractivity contribution is 0.836. The Balaban J connectivity index is 1.86. The standard InChI is InChI=1S/C30H27N3/c1-18(2)21-13-9-14-22(19(3)4)28(21)27-17-31-29-24-12-7-6-11-23(24)25-16-20-10-5-8-15-26(20)32-30(25)33(27)29/h5-19H,1-4H3. The first-order chi connectivity index (χ1) is 16.0. The van der Waals surface area contributed by atoms with Crippen LogP contribution in [0.15, 0.2) is 79.0 Å². The molecule has 3 aromatic heterocycles. The van der Waals surface area contributed by atoms with Crippen molar-refractivity contribution in [2.75, 3.05) is 0 Å². The van der Waals surface area contributed by atoms with E-state index in [-0.39, 0.29) is 0 Å². The first-order valence-electron chi connectivity index (χ1n) is 11.8. The zero-order chi connectivity index (χ0) is 22.7. The predicted molar refractivity (Wildman–Crippen MR) is 139 cm³/mol. The van der Waals surface area contributed by atoms with Gasteiger partial charge in [-0.2, -0.15) is 0 Å². The van der Waals surface area contributed by atoms with Gasteiger partial charge in [0.15, 0.2) is 0 Å². The maximum Gasteiger partial charge on any atom is 0.147 e. The Labute approximate surface area is 193 Å². The summed E-state index contributed by atoms with van der Waals surface area (Å²) < 4.78 is 2.29. The van der Waals surface area contributed by atoms with Crippen LogP contribution in [0, 0.1) is 0 Å². The van der Waals surface area contributed by atoms with Gasteiger partial charge in [0.1, 0.15) is 11.3 Å². The number of fused-ring (bicyclic) bond motifs is 7. The van der Waals surface area contributed by atoms with Crippen molar-refractivity contribution in [1.82, 2.24) is 14.4 Å². The van der Waals surface area contributed by atoms with Crippen molar-refractivity contribution in [3.63, 3.8) is 0 Å². The van der Waals surface area contributed by atoms with Crippen molar-refractivity contribution in [1.29, 1.82) is 0 Å². The molecule has 0 unspecified atom stereocenters. The van der Waals surface area contributed by atoms with Crippen LogP contribution in [0.4, 0.5) is 0 Å². The van der Waals surface area contributed by atoms with Gasteiger partial charge >= 0.3 is 0 Å². The summed E-state index contributed by atoms with van der Waals surface area (Å²) in [4.78, 5) is 10.2. The minimum atomic E-state index is 0.407. The molecule has 0 bridgehead atoms. The summed E-state index contributed by atoms with van der Waals surface area (Å²) >= 11 is 0. The molecule has 0 atom stereocenters. The topological polar surface area (TPSA) is 30.2 Å². The van der Waals surface area contributed by atoms with Gasteiger partial charge in [0.05, 0.1) is 17.4 Å². The van der Waals surface area contributed by atoms with E-state index in [0.717, 1.165) is 38.7 Å². The lowest BCUT2D eigenvalue weighted by Gasteiger charge is -2.20. The molecule has 3 heteroatoms. The molecule has 0 fully saturated rings. The summed E-state index contributed by atoms with van der Waals surface area (Å²) in [5, 5.41) is 4.66. The second-order valence-corrected chi connectivity index (χ2v) is 9.52. The molecule has 162 valence electrons. The quantitative estimate of drug-likeness (QED) is 0.210. The molecule has 6 aromatic rings. The number of para-hydroxylation sites is 1. The second kappa shape index (κ2) is 7.41. The predicted octanol–water partition coefficient (Wildman–Crippen LogP) is 8.10. The van der Waals surface area contributed by atoms with Gasteiger partial charge in [0.25, 0.3) is 0 Å². The number of hydrogen-bond acceptors (Lipinski definition) is 2. The van der Waals surface area contributed by atoms with Gasteiger partial charge in [-0.3, -0.25) is 4.40 Å². The van der Waals surface area contributed by atoms with Crippen molar-refractivity contribution < 1.29 is 0 Å². The van der Waals surface area contributed by atoms with Crippen LogP contribution < -0.4 is 0 Å². The number of imidazole rings is 1. The normalized spacial score (nSPS) is 12.2. The molecule has 0 aliphatic rings. The van der Waals surface area contributed by atoms with Crippen LogP contribution in [0.5, 0.6) is 0 Å². The van der Waals surface area contributed by atoms with Crippen LogP contribution in [0.2, 0.25) is 0 Å². The molecule has 3 nitrogen and oxygen atoms in total. The van der Waals surface area contributed by atoms with Crippen LogP contribution in [-0.4, -0.2) is 14.4 Å². The minimum absolute atomic E-state index is 0.407. The first-order valence-corrected chi connectivity index (χ1v) is 11.8. The number of pyridine rings is 2. The number of benzene rings is 3. The Hall–Kier alpha value is -3.72. The summed E-state index contributed by atoms with van der Waals surface area (Å²) in [6, 6.07) is 25.9. The fraction of sp³-hybridized carbons (Fsp3) is 0.200. The Kier molecular flexibility index (Phi) is 4.48. The average molecular weight is 430 g/mol. The molecule has 3 aromatic carbocycles. The fourth-order valence-electron chi connectivity index (χ4n) is 5.17. The summed E-state index contributed by atoms with van der Waals surface area (Å²) in [5.74, 6) is 0.814. The highest BCUT2D eigenvalue weighted by molar-refractivity contribution is 6.13. The molecule has 33 heavy (non-hydrogen) atoms. The molecule has 0 saturated carbocycles. The molecule has 0 aliphatic carbocycles. The van der Waals surface area contributed by atoms with E-state index in [4.69, 9.17) is 9.97 Å². The molecule has 0 N–H and O–H groups in total. The van der Waals surface area contributed by atoms with Crippen molar-refractivity contribution in [2.24, 2.45) is 0 Å². The maximum atomic E-state index is 5.19. The Morgan fingerprint density at radius 3 is 2.06 bits per heavy atom. The highest BCUT2D eigenvalue weighted by Gasteiger charge is 2.21. The number of aromatic nitrogens is 3. The van der Waals surface area contributed by atoms with E-state index in [2.05, 4.69) is 105 Å². The largest absolute Gasteiger partial charge is 0.276 e. The summed E-state index contributed by atoms with van der Waals surface area (Å²) in [7, 11) is 0. The SMILES string of the molecule is CC(C)c1cccc(C(C)C)c1-c1cnc2c3ccccc3c3cc4ccccc4nc3n12. The number of hydrogen-bond donors (Lipinski definition) is 0. The summed E-state index contributed by atoms with van der Waals surface area (Å²) in [6.07, 6.45) is 2.05. The second-order valence-electron chi connectivity index (χ2n) is 9.52. The molecule has 0 saturated heterocycles. The monoisotopic (exact) mass is 429 g/mol. The highest BCUT2D eigenvalue weighted by Crippen LogP contribution is 2.39. The van der Waals surface area contributed by atoms with Gasteiger partial charge in [-0.15, -0.1) is 0 Å². The third-order valence-electron chi connectivity index (χ3n) is 6.76. The molecule has 3 heterocycles. The van der Waals surface area contributed by atoms with Crippen LogP contribution in [0.25, 0.3) is 49.6 Å². The van der Waals surface area contributed by atoms with Gasteiger partial charge in [-0.05, 0) is 40.5 Å². The average Bonchev–Trinajstić information content (AvgIpc) is 3.28. The first kappa shape index (κ1) is 19.9. The van der Waals surface area contributed by atoms with Crippen molar-refractivity contribution in [3.05, 3.63) is 90.1 Å².